The van der Waals surface area contributed by atoms with Gasteiger partial charge in [0.15, 0.2) is 6.10 Å². The fourth-order valence-electron chi connectivity index (χ4n) is 2.48. The van der Waals surface area contributed by atoms with E-state index in [9.17, 15) is 9.59 Å². The molecule has 0 saturated carbocycles. The Balaban J connectivity index is 1.71. The molecule has 126 valence electrons. The predicted octanol–water partition coefficient (Wildman–Crippen LogP) is 3.94. The molecule has 0 aliphatic carbocycles. The molecule has 0 aliphatic rings. The topological polar surface area (TPSA) is 75.6 Å². The van der Waals surface area contributed by atoms with Crippen LogP contribution in [0.1, 0.15) is 17.3 Å². The molecule has 1 atom stereocenters. The molecule has 2 N–H and O–H groups in total. The Morgan fingerprint density at radius 3 is 2.36 bits per heavy atom. The second-order valence-electron chi connectivity index (χ2n) is 5.61. The van der Waals surface area contributed by atoms with Gasteiger partial charge in [0, 0.05) is 11.1 Å². The molecule has 0 bridgehead atoms. The Morgan fingerprint density at radius 1 is 0.960 bits per heavy atom. The third-order valence-corrected chi connectivity index (χ3v) is 3.82. The van der Waals surface area contributed by atoms with Crippen LogP contribution >= 0.6 is 0 Å². The number of carbonyl (C=O) groups is 2. The standard InChI is InChI=1S/C20H17NO4/c1-13(19(22)21-16-11-9-15(10-12-16)20(23)24)25-18-8-4-6-14-5-2-3-7-17(14)18/h2-13H,1H3,(H,21,22)(H,23,24)/t13-/m1/s1. The molecular weight excluding hydrogens is 318 g/mol. The predicted molar refractivity (Wildman–Crippen MR) is 96.1 cm³/mol. The minimum absolute atomic E-state index is 0.165. The third kappa shape index (κ3) is 3.77. The summed E-state index contributed by atoms with van der Waals surface area (Å²) in [6.07, 6.45) is -0.704. The van der Waals surface area contributed by atoms with Crippen LogP contribution in [0.25, 0.3) is 10.8 Å². The molecule has 0 spiro atoms. The first-order valence-electron chi connectivity index (χ1n) is 7.83. The second-order valence-corrected chi connectivity index (χ2v) is 5.61. The molecule has 0 heterocycles. The highest BCUT2D eigenvalue weighted by Crippen LogP contribution is 2.26. The number of ether oxygens (including phenoxy) is 1. The van der Waals surface area contributed by atoms with Crippen LogP contribution in [0.5, 0.6) is 5.75 Å². The molecule has 0 saturated heterocycles. The van der Waals surface area contributed by atoms with Crippen molar-refractivity contribution in [1.82, 2.24) is 0 Å². The van der Waals surface area contributed by atoms with Crippen molar-refractivity contribution in [2.24, 2.45) is 0 Å². The molecular formula is C20H17NO4. The van der Waals surface area contributed by atoms with Gasteiger partial charge in [0.1, 0.15) is 5.75 Å². The molecule has 5 heteroatoms. The summed E-state index contributed by atoms with van der Waals surface area (Å²) in [7, 11) is 0. The molecule has 0 radical (unpaired) electrons. The van der Waals surface area contributed by atoms with Gasteiger partial charge in [-0.05, 0) is 42.6 Å². The number of carboxylic acids is 1. The highest BCUT2D eigenvalue weighted by atomic mass is 16.5. The van der Waals surface area contributed by atoms with Crippen LogP contribution in [0.3, 0.4) is 0 Å². The summed E-state index contributed by atoms with van der Waals surface area (Å²) < 4.78 is 5.82. The van der Waals surface area contributed by atoms with Gasteiger partial charge in [0.2, 0.25) is 0 Å². The largest absolute Gasteiger partial charge is 0.480 e. The van der Waals surface area contributed by atoms with Crippen molar-refractivity contribution in [3.8, 4) is 5.75 Å². The first kappa shape index (κ1) is 16.5. The highest BCUT2D eigenvalue weighted by Gasteiger charge is 2.16. The van der Waals surface area contributed by atoms with E-state index in [0.29, 0.717) is 11.4 Å². The van der Waals surface area contributed by atoms with E-state index in [1.165, 1.54) is 12.1 Å². The van der Waals surface area contributed by atoms with Gasteiger partial charge in [-0.3, -0.25) is 4.79 Å². The van der Waals surface area contributed by atoms with Crippen LogP contribution in [0.4, 0.5) is 5.69 Å². The van der Waals surface area contributed by atoms with Gasteiger partial charge >= 0.3 is 5.97 Å². The Kier molecular flexibility index (Phi) is 4.66. The lowest BCUT2D eigenvalue weighted by Gasteiger charge is -2.16. The van der Waals surface area contributed by atoms with Crippen molar-refractivity contribution in [2.75, 3.05) is 5.32 Å². The van der Waals surface area contributed by atoms with Crippen molar-refractivity contribution < 1.29 is 19.4 Å². The van der Waals surface area contributed by atoms with E-state index in [0.717, 1.165) is 10.8 Å². The Bertz CT molecular complexity index is 913. The van der Waals surface area contributed by atoms with Crippen LogP contribution in [0.15, 0.2) is 66.7 Å². The molecule has 0 fully saturated rings. The maximum absolute atomic E-state index is 12.3. The number of carbonyl (C=O) groups excluding carboxylic acids is 1. The summed E-state index contributed by atoms with van der Waals surface area (Å²) in [4.78, 5) is 23.2. The lowest BCUT2D eigenvalue weighted by atomic mass is 10.1. The van der Waals surface area contributed by atoms with Gasteiger partial charge in [0.25, 0.3) is 5.91 Å². The van der Waals surface area contributed by atoms with Gasteiger partial charge in [-0.25, -0.2) is 4.79 Å². The molecule has 0 unspecified atom stereocenters. The molecule has 0 aliphatic heterocycles. The highest BCUT2D eigenvalue weighted by molar-refractivity contribution is 5.95. The summed E-state index contributed by atoms with van der Waals surface area (Å²) in [5, 5.41) is 13.6. The number of carboxylic acid groups (broad SMARTS) is 1. The van der Waals surface area contributed by atoms with E-state index < -0.39 is 12.1 Å². The normalized spacial score (nSPS) is 11.7. The number of nitrogens with one attached hydrogen (secondary N) is 1. The smallest absolute Gasteiger partial charge is 0.335 e. The van der Waals surface area contributed by atoms with Gasteiger partial charge in [-0.2, -0.15) is 0 Å². The molecule has 3 aromatic carbocycles. The summed E-state index contributed by atoms with van der Waals surface area (Å²) in [6, 6.07) is 19.5. The number of hydrogen-bond acceptors (Lipinski definition) is 3. The first-order chi connectivity index (χ1) is 12.0. The van der Waals surface area contributed by atoms with Crippen LogP contribution in [-0.2, 0) is 4.79 Å². The average molecular weight is 335 g/mol. The molecule has 25 heavy (non-hydrogen) atoms. The minimum Gasteiger partial charge on any atom is -0.480 e. The molecule has 0 aromatic heterocycles. The van der Waals surface area contributed by atoms with Gasteiger partial charge in [-0.1, -0.05) is 36.4 Å². The van der Waals surface area contributed by atoms with E-state index in [-0.39, 0.29) is 11.5 Å². The number of rotatable bonds is 5. The van der Waals surface area contributed by atoms with E-state index >= 15 is 0 Å². The number of benzene rings is 3. The van der Waals surface area contributed by atoms with Gasteiger partial charge in [-0.15, -0.1) is 0 Å². The molecule has 5 nitrogen and oxygen atoms in total. The van der Waals surface area contributed by atoms with Crippen molar-refractivity contribution >= 4 is 28.3 Å². The third-order valence-electron chi connectivity index (χ3n) is 3.82. The Morgan fingerprint density at radius 2 is 1.64 bits per heavy atom. The van der Waals surface area contributed by atoms with E-state index in [1.54, 1.807) is 19.1 Å². The van der Waals surface area contributed by atoms with Crippen LogP contribution in [0, 0.1) is 0 Å². The van der Waals surface area contributed by atoms with Gasteiger partial charge < -0.3 is 15.2 Å². The zero-order valence-corrected chi connectivity index (χ0v) is 13.6. The minimum atomic E-state index is -1.01. The lowest BCUT2D eigenvalue weighted by molar-refractivity contribution is -0.122. The zero-order chi connectivity index (χ0) is 17.8. The number of fused-ring (bicyclic) bond motifs is 1. The number of anilines is 1. The summed E-state index contributed by atoms with van der Waals surface area (Å²) >= 11 is 0. The van der Waals surface area contributed by atoms with E-state index in [2.05, 4.69) is 5.32 Å². The fraction of sp³-hybridized carbons (Fsp3) is 0.100. The van der Waals surface area contributed by atoms with Crippen LogP contribution in [0.2, 0.25) is 0 Å². The quantitative estimate of drug-likeness (QED) is 0.740. The summed E-state index contributed by atoms with van der Waals surface area (Å²) in [5.74, 6) is -0.677. The Labute approximate surface area is 144 Å². The number of amides is 1. The van der Waals surface area contributed by atoms with Crippen LogP contribution < -0.4 is 10.1 Å². The van der Waals surface area contributed by atoms with Crippen molar-refractivity contribution in [3.63, 3.8) is 0 Å². The summed E-state index contributed by atoms with van der Waals surface area (Å²) in [5.41, 5.74) is 0.682. The van der Waals surface area contributed by atoms with E-state index in [4.69, 9.17) is 9.84 Å². The second kappa shape index (κ2) is 7.05. The Hall–Kier alpha value is -3.34. The van der Waals surface area contributed by atoms with Crippen molar-refractivity contribution in [1.29, 1.82) is 0 Å². The fourth-order valence-corrected chi connectivity index (χ4v) is 2.48. The monoisotopic (exact) mass is 335 g/mol. The molecule has 3 rings (SSSR count). The number of aromatic carboxylic acids is 1. The average Bonchev–Trinajstić information content (AvgIpc) is 2.62. The number of hydrogen-bond donors (Lipinski definition) is 2. The first-order valence-corrected chi connectivity index (χ1v) is 7.83. The maximum atomic E-state index is 12.3. The van der Waals surface area contributed by atoms with E-state index in [1.807, 2.05) is 42.5 Å². The zero-order valence-electron chi connectivity index (χ0n) is 13.6. The molecule has 1 amide bonds. The SMILES string of the molecule is C[C@@H](Oc1cccc2ccccc12)C(=O)Nc1ccc(C(=O)O)cc1. The lowest BCUT2D eigenvalue weighted by Crippen LogP contribution is -2.30. The maximum Gasteiger partial charge on any atom is 0.335 e. The van der Waals surface area contributed by atoms with Crippen molar-refractivity contribution in [2.45, 2.75) is 13.0 Å². The van der Waals surface area contributed by atoms with Gasteiger partial charge in [0.05, 0.1) is 5.56 Å². The summed E-state index contributed by atoms with van der Waals surface area (Å²) in [6.45, 7) is 1.67. The molecule has 3 aromatic rings. The van der Waals surface area contributed by atoms with Crippen LogP contribution in [-0.4, -0.2) is 23.1 Å². The van der Waals surface area contributed by atoms with Crippen molar-refractivity contribution in [3.05, 3.63) is 72.3 Å².